The molecule has 1 fully saturated rings. The lowest BCUT2D eigenvalue weighted by atomic mass is 10.1. The number of amides is 1. The van der Waals surface area contributed by atoms with E-state index in [1.807, 2.05) is 6.07 Å². The van der Waals surface area contributed by atoms with Crippen molar-refractivity contribution in [2.75, 3.05) is 26.2 Å². The minimum Gasteiger partial charge on any atom is -0.448 e. The molecule has 0 radical (unpaired) electrons. The Balaban J connectivity index is 1.69. The largest absolute Gasteiger partial charge is 0.448 e. The normalized spacial score (nSPS) is 20.3. The van der Waals surface area contributed by atoms with E-state index in [1.165, 1.54) is 11.3 Å². The van der Waals surface area contributed by atoms with Gasteiger partial charge in [-0.05, 0) is 25.3 Å². The van der Waals surface area contributed by atoms with E-state index in [-0.39, 0.29) is 18.1 Å². The van der Waals surface area contributed by atoms with E-state index in [2.05, 4.69) is 33.6 Å². The van der Waals surface area contributed by atoms with Crippen molar-refractivity contribution in [2.45, 2.75) is 26.0 Å². The van der Waals surface area contributed by atoms with Crippen molar-refractivity contribution < 1.29 is 13.9 Å². The van der Waals surface area contributed by atoms with Gasteiger partial charge in [-0.2, -0.15) is 0 Å². The highest BCUT2D eigenvalue weighted by atomic mass is 32.1. The first-order valence-corrected chi connectivity index (χ1v) is 8.60. The molecule has 124 valence electrons. The molecule has 0 saturated carbocycles. The van der Waals surface area contributed by atoms with Gasteiger partial charge >= 0.3 is 0 Å². The zero-order valence-corrected chi connectivity index (χ0v) is 14.1. The molecule has 1 N–H and O–H groups in total. The third-order valence-electron chi connectivity index (χ3n) is 4.00. The molecule has 3 heterocycles. The number of ether oxygens (including phenoxy) is 1. The number of hydrogen-bond acceptors (Lipinski definition) is 6. The van der Waals surface area contributed by atoms with Gasteiger partial charge in [0.2, 0.25) is 0 Å². The van der Waals surface area contributed by atoms with Crippen LogP contribution in [0.1, 0.15) is 34.1 Å². The van der Waals surface area contributed by atoms with Crippen LogP contribution in [0.3, 0.4) is 0 Å². The molecule has 6 nitrogen and oxygen atoms in total. The van der Waals surface area contributed by atoms with Crippen molar-refractivity contribution >= 4 is 17.2 Å². The van der Waals surface area contributed by atoms with E-state index >= 15 is 0 Å². The molecular formula is C16H21N3O3S. The molecule has 23 heavy (non-hydrogen) atoms. The third-order valence-corrected chi connectivity index (χ3v) is 4.97. The van der Waals surface area contributed by atoms with Gasteiger partial charge in [0.05, 0.1) is 18.8 Å². The first-order valence-electron chi connectivity index (χ1n) is 7.72. The number of rotatable bonds is 5. The van der Waals surface area contributed by atoms with Crippen LogP contribution in [0.15, 0.2) is 28.3 Å². The molecule has 0 aliphatic carbocycles. The molecule has 0 bridgehead atoms. The molecule has 2 unspecified atom stereocenters. The highest BCUT2D eigenvalue weighted by molar-refractivity contribution is 7.10. The Bertz CT molecular complexity index is 641. The molecule has 1 saturated heterocycles. The molecule has 1 amide bonds. The maximum absolute atomic E-state index is 12.3. The minimum atomic E-state index is -0.195. The fourth-order valence-corrected chi connectivity index (χ4v) is 3.68. The second kappa shape index (κ2) is 7.25. The van der Waals surface area contributed by atoms with Gasteiger partial charge in [0.25, 0.3) is 5.91 Å². The average molecular weight is 335 g/mol. The zero-order valence-electron chi connectivity index (χ0n) is 13.3. The number of aryl methyl sites for hydroxylation is 1. The van der Waals surface area contributed by atoms with Gasteiger partial charge in [-0.3, -0.25) is 9.69 Å². The Morgan fingerprint density at radius 3 is 3.13 bits per heavy atom. The summed E-state index contributed by atoms with van der Waals surface area (Å²) in [5, 5.41) is 5.05. The van der Waals surface area contributed by atoms with Gasteiger partial charge < -0.3 is 14.5 Å². The summed E-state index contributed by atoms with van der Waals surface area (Å²) in [6.45, 7) is 6.81. The molecular weight excluding hydrogens is 314 g/mol. The van der Waals surface area contributed by atoms with Crippen molar-refractivity contribution in [3.05, 3.63) is 40.2 Å². The van der Waals surface area contributed by atoms with Crippen LogP contribution in [0, 0.1) is 6.92 Å². The minimum absolute atomic E-state index is 0.150. The zero-order chi connectivity index (χ0) is 16.2. The fourth-order valence-electron chi connectivity index (χ4n) is 2.82. The van der Waals surface area contributed by atoms with Crippen molar-refractivity contribution in [1.82, 2.24) is 15.2 Å². The Morgan fingerprint density at radius 1 is 1.61 bits per heavy atom. The highest BCUT2D eigenvalue weighted by Crippen LogP contribution is 2.26. The summed E-state index contributed by atoms with van der Waals surface area (Å²) in [5.41, 5.74) is 0.352. The number of nitrogens with zero attached hydrogens (tertiary/aromatic N) is 2. The maximum atomic E-state index is 12.3. The summed E-state index contributed by atoms with van der Waals surface area (Å²) in [5.74, 6) is 0.342. The second-order valence-corrected chi connectivity index (χ2v) is 6.65. The fraction of sp³-hybridized carbons (Fsp3) is 0.500. The number of aromatic nitrogens is 1. The van der Waals surface area contributed by atoms with Gasteiger partial charge in [-0.1, -0.05) is 6.07 Å². The molecule has 0 spiro atoms. The van der Waals surface area contributed by atoms with E-state index in [0.29, 0.717) is 18.0 Å². The summed E-state index contributed by atoms with van der Waals surface area (Å²) < 4.78 is 10.7. The molecule has 0 aromatic carbocycles. The van der Waals surface area contributed by atoms with Crippen molar-refractivity contribution in [2.24, 2.45) is 0 Å². The first-order chi connectivity index (χ1) is 11.1. The number of nitrogens with one attached hydrogen (secondary N) is 1. The first kappa shape index (κ1) is 16.2. The number of carbonyl (C=O) groups is 1. The molecule has 1 aliphatic heterocycles. The lowest BCUT2D eigenvalue weighted by Gasteiger charge is -2.36. The lowest BCUT2D eigenvalue weighted by Crippen LogP contribution is -2.46. The van der Waals surface area contributed by atoms with E-state index < -0.39 is 0 Å². The number of thiophene rings is 1. The summed E-state index contributed by atoms with van der Waals surface area (Å²) in [4.78, 5) is 19.9. The van der Waals surface area contributed by atoms with Crippen molar-refractivity contribution in [3.8, 4) is 0 Å². The topological polar surface area (TPSA) is 67.6 Å². The Hall–Kier alpha value is -1.70. The highest BCUT2D eigenvalue weighted by Gasteiger charge is 2.27. The van der Waals surface area contributed by atoms with Crippen molar-refractivity contribution in [3.63, 3.8) is 0 Å². The van der Waals surface area contributed by atoms with E-state index in [0.717, 1.165) is 19.7 Å². The van der Waals surface area contributed by atoms with E-state index in [4.69, 9.17) is 9.15 Å². The second-order valence-electron chi connectivity index (χ2n) is 5.67. The van der Waals surface area contributed by atoms with Crippen LogP contribution < -0.4 is 5.32 Å². The summed E-state index contributed by atoms with van der Waals surface area (Å²) in [6.07, 6.45) is 1.50. The molecule has 3 rings (SSSR count). The molecule has 7 heteroatoms. The summed E-state index contributed by atoms with van der Waals surface area (Å²) in [7, 11) is 0. The van der Waals surface area contributed by atoms with Gasteiger partial charge in [-0.15, -0.1) is 11.3 Å². The van der Waals surface area contributed by atoms with Crippen LogP contribution in [0.25, 0.3) is 0 Å². The van der Waals surface area contributed by atoms with Gasteiger partial charge in [0, 0.05) is 24.5 Å². The quantitative estimate of drug-likeness (QED) is 0.907. The smallest absolute Gasteiger partial charge is 0.273 e. The van der Waals surface area contributed by atoms with Crippen LogP contribution >= 0.6 is 11.3 Å². The monoisotopic (exact) mass is 335 g/mol. The number of carbonyl (C=O) groups excluding carboxylic acids is 1. The van der Waals surface area contributed by atoms with Crippen LogP contribution in [-0.4, -0.2) is 48.1 Å². The van der Waals surface area contributed by atoms with Crippen LogP contribution in [0.4, 0.5) is 0 Å². The van der Waals surface area contributed by atoms with E-state index in [1.54, 1.807) is 18.3 Å². The number of oxazole rings is 1. The lowest BCUT2D eigenvalue weighted by molar-refractivity contribution is -0.0336. The Labute approximate surface area is 139 Å². The van der Waals surface area contributed by atoms with Crippen molar-refractivity contribution in [1.29, 1.82) is 0 Å². The molecule has 2 aromatic heterocycles. The molecule has 1 aliphatic rings. The molecule has 2 aromatic rings. The van der Waals surface area contributed by atoms with E-state index in [9.17, 15) is 4.79 Å². The number of hydrogen-bond donors (Lipinski definition) is 1. The van der Waals surface area contributed by atoms with Gasteiger partial charge in [0.1, 0.15) is 5.76 Å². The maximum Gasteiger partial charge on any atom is 0.273 e. The average Bonchev–Trinajstić information content (AvgIpc) is 3.19. The summed E-state index contributed by atoms with van der Waals surface area (Å²) in [6, 6.07) is 4.31. The van der Waals surface area contributed by atoms with Gasteiger partial charge in [-0.25, -0.2) is 4.98 Å². The Kier molecular flexibility index (Phi) is 5.09. The summed E-state index contributed by atoms with van der Waals surface area (Å²) >= 11 is 1.71. The predicted molar refractivity (Wildman–Crippen MR) is 87.6 cm³/mol. The van der Waals surface area contributed by atoms with Crippen LogP contribution in [0.2, 0.25) is 0 Å². The third kappa shape index (κ3) is 3.80. The van der Waals surface area contributed by atoms with Crippen LogP contribution in [0.5, 0.6) is 0 Å². The van der Waals surface area contributed by atoms with Crippen LogP contribution in [-0.2, 0) is 4.74 Å². The predicted octanol–water partition coefficient (Wildman–Crippen LogP) is 2.24. The molecule has 2 atom stereocenters. The Morgan fingerprint density at radius 2 is 2.48 bits per heavy atom. The standard InChI is InChI=1S/C16H21N3O3S/c1-11-9-19(5-6-21-11)13(14-4-3-7-23-14)8-17-16(20)15-12(2)22-10-18-15/h3-4,7,10-11,13H,5-6,8-9H2,1-2H3,(H,17,20). The number of morpholine rings is 1. The SMILES string of the molecule is Cc1ocnc1C(=O)NCC(c1cccs1)N1CCOC(C)C1. The van der Waals surface area contributed by atoms with Gasteiger partial charge in [0.15, 0.2) is 12.1 Å².